The number of unbranched alkanes of at least 4 members (excludes halogenated alkanes) is 53. The summed E-state index contributed by atoms with van der Waals surface area (Å²) < 4.78 is 34.9. The van der Waals surface area contributed by atoms with Gasteiger partial charge < -0.3 is 18.9 Å². The molecule has 1 N–H and O–H groups in total. The molecule has 2 unspecified atom stereocenters. The summed E-state index contributed by atoms with van der Waals surface area (Å²) in [5.74, 6) is -0.779. The zero-order valence-corrected chi connectivity index (χ0v) is 66.0. The highest BCUT2D eigenvalue weighted by Crippen LogP contribution is 2.43. The van der Waals surface area contributed by atoms with Gasteiger partial charge in [-0.2, -0.15) is 0 Å². The van der Waals surface area contributed by atoms with Crippen molar-refractivity contribution in [3.8, 4) is 0 Å². The highest BCUT2D eigenvalue weighted by Gasteiger charge is 2.27. The van der Waals surface area contributed by atoms with Gasteiger partial charge in [0.05, 0.1) is 27.7 Å². The second-order valence-corrected chi connectivity index (χ2v) is 31.3. The predicted molar refractivity (Wildman–Crippen MR) is 423 cm³/mol. The van der Waals surface area contributed by atoms with Crippen LogP contribution in [0.4, 0.5) is 0 Å². The number of carbonyl (C=O) groups is 2. The van der Waals surface area contributed by atoms with Crippen molar-refractivity contribution in [2.24, 2.45) is 0 Å². The minimum absolute atomic E-state index is 0.0320. The first-order valence-corrected chi connectivity index (χ1v) is 43.7. The number of rotatable bonds is 79. The van der Waals surface area contributed by atoms with Crippen LogP contribution < -0.4 is 0 Å². The molecule has 0 saturated carbocycles. The standard InChI is InChI=1S/C87H162NO8P/c1-6-8-10-12-14-16-18-20-22-24-26-28-30-32-34-36-38-40-41-42-43-44-45-46-48-49-51-53-55-57-59-61-63-65-67-69-71-73-75-77-79-86(89)93-83-85(84-95-97(91,92)94-82-81-88(3,4)5)96-87(90)80-78-76-74-72-70-68-66-64-62-60-58-56-54-52-50-47-39-37-35-33-31-29-27-25-23-21-19-17-15-13-11-9-7-2/h9,11,15,17,21,23,27,29,33,35,39,47,85H,6-8,10,12-14,16,18-20,22,24-26,28,30-32,34,36-38,40-46,48-84H2,1-5H3/p+1/b11-9-,17-15-,23-21-,29-27-,35-33-,47-39-. The minimum Gasteiger partial charge on any atom is -0.462 e. The van der Waals surface area contributed by atoms with Crippen LogP contribution in [0.15, 0.2) is 72.9 Å². The van der Waals surface area contributed by atoms with Crippen LogP contribution >= 0.6 is 7.82 Å². The Balaban J connectivity index is 3.89. The molecular weight excluding hydrogens is 1220 g/mol. The van der Waals surface area contributed by atoms with Gasteiger partial charge in [0.15, 0.2) is 6.10 Å². The molecule has 0 bridgehead atoms. The molecule has 0 aromatic carbocycles. The molecule has 0 aliphatic carbocycles. The highest BCUT2D eigenvalue weighted by molar-refractivity contribution is 7.47. The Hall–Kier alpha value is -2.55. The summed E-state index contributed by atoms with van der Waals surface area (Å²) in [5.41, 5.74) is 0. The molecule has 568 valence electrons. The molecule has 0 spiro atoms. The van der Waals surface area contributed by atoms with Gasteiger partial charge in [-0.05, 0) is 64.2 Å². The topological polar surface area (TPSA) is 108 Å². The molecule has 0 amide bonds. The van der Waals surface area contributed by atoms with Gasteiger partial charge in [0.1, 0.15) is 19.8 Å². The van der Waals surface area contributed by atoms with Crippen LogP contribution in [-0.4, -0.2) is 74.9 Å². The van der Waals surface area contributed by atoms with E-state index in [2.05, 4.69) is 86.8 Å². The average Bonchev–Trinajstić information content (AvgIpc) is 1.58. The van der Waals surface area contributed by atoms with Gasteiger partial charge in [-0.15, -0.1) is 0 Å². The van der Waals surface area contributed by atoms with Gasteiger partial charge >= 0.3 is 19.8 Å². The maximum atomic E-state index is 12.9. The van der Waals surface area contributed by atoms with E-state index >= 15 is 0 Å². The number of likely N-dealkylation sites (N-methyl/N-ethyl adjacent to an activating group) is 1. The fourth-order valence-electron chi connectivity index (χ4n) is 12.6. The summed E-state index contributed by atoms with van der Waals surface area (Å²) in [6, 6.07) is 0. The molecule has 0 saturated heterocycles. The van der Waals surface area contributed by atoms with Crippen LogP contribution in [0.2, 0.25) is 0 Å². The summed E-state index contributed by atoms with van der Waals surface area (Å²) in [4.78, 5) is 36.0. The third-order valence-electron chi connectivity index (χ3n) is 19.0. The predicted octanol–water partition coefficient (Wildman–Crippen LogP) is 28.2. The number of hydrogen-bond donors (Lipinski definition) is 1. The van der Waals surface area contributed by atoms with Crippen LogP contribution in [0.5, 0.6) is 0 Å². The second kappa shape index (κ2) is 77.6. The number of esters is 2. The Morgan fingerprint density at radius 1 is 0.330 bits per heavy atom. The lowest BCUT2D eigenvalue weighted by atomic mass is 10.0. The summed E-state index contributed by atoms with van der Waals surface area (Å²) in [6.07, 6.45) is 107. The lowest BCUT2D eigenvalue weighted by Crippen LogP contribution is -2.37. The zero-order chi connectivity index (χ0) is 70.4. The van der Waals surface area contributed by atoms with Crippen molar-refractivity contribution in [1.82, 2.24) is 0 Å². The number of quaternary nitrogens is 1. The lowest BCUT2D eigenvalue weighted by Gasteiger charge is -2.24. The first-order valence-electron chi connectivity index (χ1n) is 42.2. The molecular formula is C87H163NO8P+. The van der Waals surface area contributed by atoms with Crippen LogP contribution in [0, 0.1) is 0 Å². The molecule has 0 radical (unpaired) electrons. The summed E-state index contributed by atoms with van der Waals surface area (Å²) in [6.45, 7) is 4.39. The first-order chi connectivity index (χ1) is 47.5. The zero-order valence-electron chi connectivity index (χ0n) is 65.1. The van der Waals surface area contributed by atoms with Crippen molar-refractivity contribution in [3.63, 3.8) is 0 Å². The molecule has 10 heteroatoms. The van der Waals surface area contributed by atoms with E-state index in [1.807, 2.05) is 21.1 Å². The summed E-state index contributed by atoms with van der Waals surface area (Å²) >= 11 is 0. The molecule has 0 rings (SSSR count). The number of ether oxygens (including phenoxy) is 2. The number of hydrogen-bond acceptors (Lipinski definition) is 7. The largest absolute Gasteiger partial charge is 0.472 e. The normalized spacial score (nSPS) is 13.3. The van der Waals surface area contributed by atoms with E-state index in [1.165, 1.54) is 308 Å². The van der Waals surface area contributed by atoms with Crippen molar-refractivity contribution in [2.45, 2.75) is 424 Å². The molecule has 9 nitrogen and oxygen atoms in total. The molecule has 0 aliphatic heterocycles. The van der Waals surface area contributed by atoms with E-state index in [-0.39, 0.29) is 25.6 Å². The molecule has 0 aromatic heterocycles. The van der Waals surface area contributed by atoms with Crippen molar-refractivity contribution in [1.29, 1.82) is 0 Å². The van der Waals surface area contributed by atoms with E-state index < -0.39 is 26.5 Å². The van der Waals surface area contributed by atoms with Crippen LogP contribution in [0.1, 0.15) is 418 Å². The lowest BCUT2D eigenvalue weighted by molar-refractivity contribution is -0.870. The molecule has 0 fully saturated rings. The van der Waals surface area contributed by atoms with Crippen LogP contribution in [-0.2, 0) is 32.7 Å². The molecule has 97 heavy (non-hydrogen) atoms. The monoisotopic (exact) mass is 1380 g/mol. The fraction of sp³-hybridized carbons (Fsp3) is 0.839. The summed E-state index contributed by atoms with van der Waals surface area (Å²) in [7, 11) is 1.49. The maximum Gasteiger partial charge on any atom is 0.472 e. The van der Waals surface area contributed by atoms with Crippen LogP contribution in [0.3, 0.4) is 0 Å². The first kappa shape index (κ1) is 94.5. The molecule has 0 aromatic rings. The van der Waals surface area contributed by atoms with Crippen molar-refractivity contribution >= 4 is 19.8 Å². The number of carbonyl (C=O) groups excluding carboxylic acids is 2. The number of allylic oxidation sites excluding steroid dienone is 12. The van der Waals surface area contributed by atoms with Gasteiger partial charge in [0.2, 0.25) is 0 Å². The van der Waals surface area contributed by atoms with Crippen LogP contribution in [0.25, 0.3) is 0 Å². The van der Waals surface area contributed by atoms with Crippen molar-refractivity contribution in [2.75, 3.05) is 47.5 Å². The van der Waals surface area contributed by atoms with E-state index in [1.54, 1.807) is 0 Å². The fourth-order valence-corrected chi connectivity index (χ4v) is 13.4. The maximum absolute atomic E-state index is 12.9. The Bertz CT molecular complexity index is 1870. The van der Waals surface area contributed by atoms with Crippen molar-refractivity contribution in [3.05, 3.63) is 72.9 Å². The third kappa shape index (κ3) is 82.3. The van der Waals surface area contributed by atoms with Gasteiger partial charge in [0, 0.05) is 12.8 Å². The number of nitrogens with zero attached hydrogens (tertiary/aromatic N) is 1. The average molecular weight is 1380 g/mol. The van der Waals surface area contributed by atoms with Crippen molar-refractivity contribution < 1.29 is 42.1 Å². The molecule has 2 atom stereocenters. The number of phosphoric acid groups is 1. The van der Waals surface area contributed by atoms with Gasteiger partial charge in [-0.25, -0.2) is 4.57 Å². The van der Waals surface area contributed by atoms with E-state index in [0.717, 1.165) is 77.0 Å². The van der Waals surface area contributed by atoms with E-state index in [4.69, 9.17) is 18.5 Å². The van der Waals surface area contributed by atoms with Gasteiger partial charge in [0.25, 0.3) is 0 Å². The Labute approximate surface area is 603 Å². The summed E-state index contributed by atoms with van der Waals surface area (Å²) in [5, 5.41) is 0. The Kier molecular flexibility index (Phi) is 75.6. The van der Waals surface area contributed by atoms with E-state index in [9.17, 15) is 19.0 Å². The third-order valence-corrected chi connectivity index (χ3v) is 20.0. The smallest absolute Gasteiger partial charge is 0.462 e. The number of phosphoric ester groups is 1. The SMILES string of the molecule is CC/C=C\C/C=C\C/C=C\C/C=C\C/C=C\C/C=C\CCCCCCCCCCCCCCCCC(=O)OC(COC(=O)CCCCCCCCCCCCCCCCCCCCCCCCCCCCCCCCCCCCCCCCCC)COP(=O)(O)OCC[N+](C)(C)C. The highest BCUT2D eigenvalue weighted by atomic mass is 31.2. The van der Waals surface area contributed by atoms with Gasteiger partial charge in [-0.1, -0.05) is 414 Å². The second-order valence-electron chi connectivity index (χ2n) is 29.8. The Morgan fingerprint density at radius 3 is 0.876 bits per heavy atom. The molecule has 0 aliphatic rings. The minimum atomic E-state index is -4.40. The van der Waals surface area contributed by atoms with Gasteiger partial charge in [-0.3, -0.25) is 18.6 Å². The Morgan fingerprint density at radius 2 is 0.588 bits per heavy atom. The quantitative estimate of drug-likeness (QED) is 0.0211. The van der Waals surface area contributed by atoms with E-state index in [0.29, 0.717) is 23.9 Å². The molecule has 0 heterocycles.